The van der Waals surface area contributed by atoms with Crippen LogP contribution in [0.4, 0.5) is 11.4 Å². The molecule has 1 aromatic heterocycles. The lowest BCUT2D eigenvalue weighted by atomic mass is 10.2. The molecule has 3 aromatic rings. The van der Waals surface area contributed by atoms with Gasteiger partial charge in [-0.15, -0.1) is 16.8 Å². The first kappa shape index (κ1) is 20.3. The van der Waals surface area contributed by atoms with E-state index in [-0.39, 0.29) is 17.3 Å². The Morgan fingerprint density at radius 2 is 1.90 bits per heavy atom. The summed E-state index contributed by atoms with van der Waals surface area (Å²) < 4.78 is 1.91. The number of aromatic nitrogens is 3. The largest absolute Gasteiger partial charge is 0.315 e. The number of amides is 1. The topological polar surface area (TPSA) is 94.2 Å². The van der Waals surface area contributed by atoms with Crippen molar-refractivity contribution >= 4 is 29.0 Å². The van der Waals surface area contributed by atoms with Crippen LogP contribution >= 0.6 is 11.8 Å². The van der Waals surface area contributed by atoms with Gasteiger partial charge >= 0.3 is 0 Å². The quantitative estimate of drug-likeness (QED) is 0.243. The molecule has 3 rings (SSSR count). The molecule has 148 valence electrons. The van der Waals surface area contributed by atoms with Gasteiger partial charge in [-0.25, -0.2) is 0 Å². The first-order valence-electron chi connectivity index (χ1n) is 8.74. The van der Waals surface area contributed by atoms with Crippen molar-refractivity contribution in [1.82, 2.24) is 14.8 Å². The van der Waals surface area contributed by atoms with Crippen molar-refractivity contribution in [3.05, 3.63) is 77.4 Å². The number of anilines is 1. The Labute approximate surface area is 172 Å². The number of allylic oxidation sites excluding steroid dienone is 1. The second-order valence-electron chi connectivity index (χ2n) is 6.09. The number of hydrogen-bond donors (Lipinski definition) is 0. The Bertz CT molecular complexity index is 1020. The van der Waals surface area contributed by atoms with E-state index in [0.717, 1.165) is 5.56 Å². The molecule has 0 unspecified atom stereocenters. The van der Waals surface area contributed by atoms with Gasteiger partial charge in [0, 0.05) is 37.0 Å². The minimum absolute atomic E-state index is 0.0186. The third-order valence-corrected chi connectivity index (χ3v) is 5.16. The smallest absolute Gasteiger partial charge is 0.269 e. The van der Waals surface area contributed by atoms with Gasteiger partial charge in [0.25, 0.3) is 5.69 Å². The molecule has 0 N–H and O–H groups in total. The van der Waals surface area contributed by atoms with Gasteiger partial charge in [-0.05, 0) is 12.1 Å². The molecule has 0 bridgehead atoms. The lowest BCUT2D eigenvalue weighted by molar-refractivity contribution is -0.384. The van der Waals surface area contributed by atoms with Crippen LogP contribution in [-0.2, 0) is 11.3 Å². The minimum Gasteiger partial charge on any atom is -0.315 e. The zero-order chi connectivity index (χ0) is 20.8. The van der Waals surface area contributed by atoms with Crippen molar-refractivity contribution in [3.8, 4) is 11.4 Å². The molecular formula is C20H19N5O3S. The third-order valence-electron chi connectivity index (χ3n) is 4.21. The summed E-state index contributed by atoms with van der Waals surface area (Å²) in [6.45, 7) is 4.31. The predicted octanol–water partition coefficient (Wildman–Crippen LogP) is 3.79. The summed E-state index contributed by atoms with van der Waals surface area (Å²) in [5.74, 6) is 0.708. The van der Waals surface area contributed by atoms with E-state index >= 15 is 0 Å². The van der Waals surface area contributed by atoms with E-state index in [1.54, 1.807) is 25.3 Å². The van der Waals surface area contributed by atoms with E-state index in [1.807, 2.05) is 34.9 Å². The van der Waals surface area contributed by atoms with E-state index in [4.69, 9.17) is 0 Å². The van der Waals surface area contributed by atoms with Gasteiger partial charge in [-0.3, -0.25) is 19.5 Å². The maximum atomic E-state index is 12.6. The fraction of sp³-hybridized carbons (Fsp3) is 0.150. The number of carbonyl (C=O) groups is 1. The third kappa shape index (κ3) is 4.69. The van der Waals surface area contributed by atoms with Gasteiger partial charge in [-0.1, -0.05) is 48.2 Å². The maximum absolute atomic E-state index is 12.6. The molecular weight excluding hydrogens is 390 g/mol. The summed E-state index contributed by atoms with van der Waals surface area (Å²) in [7, 11) is 1.63. The maximum Gasteiger partial charge on any atom is 0.269 e. The lowest BCUT2D eigenvalue weighted by Gasteiger charge is -2.17. The summed E-state index contributed by atoms with van der Waals surface area (Å²) in [6, 6.07) is 15.5. The Hall–Kier alpha value is -3.46. The Balaban J connectivity index is 1.72. The highest BCUT2D eigenvalue weighted by molar-refractivity contribution is 7.99. The summed E-state index contributed by atoms with van der Waals surface area (Å²) in [5, 5.41) is 19.9. The average molecular weight is 409 g/mol. The van der Waals surface area contributed by atoms with Gasteiger partial charge in [-0.2, -0.15) is 0 Å². The van der Waals surface area contributed by atoms with Gasteiger partial charge in [0.15, 0.2) is 11.0 Å². The monoisotopic (exact) mass is 409 g/mol. The molecule has 8 nitrogen and oxygen atoms in total. The first-order valence-corrected chi connectivity index (χ1v) is 9.73. The van der Waals surface area contributed by atoms with Crippen LogP contribution in [0.3, 0.4) is 0 Å². The number of rotatable bonds is 8. The molecule has 0 aliphatic heterocycles. The summed E-state index contributed by atoms with van der Waals surface area (Å²) in [5.41, 5.74) is 1.50. The standard InChI is InChI=1S/C20H19N5O3S/c1-3-13-24-19(15-7-5-4-6-8-15)21-22-20(24)29-14-18(26)23(2)16-9-11-17(12-10-16)25(27)28/h3-12H,1,13-14H2,2H3. The van der Waals surface area contributed by atoms with Crippen molar-refractivity contribution < 1.29 is 9.72 Å². The normalized spacial score (nSPS) is 10.5. The second kappa shape index (κ2) is 9.16. The van der Waals surface area contributed by atoms with Gasteiger partial charge in [0.05, 0.1) is 10.7 Å². The van der Waals surface area contributed by atoms with Crippen LogP contribution < -0.4 is 4.90 Å². The molecule has 0 aliphatic rings. The molecule has 9 heteroatoms. The number of nitro groups is 1. The van der Waals surface area contributed by atoms with E-state index in [2.05, 4.69) is 16.8 Å². The molecule has 0 atom stereocenters. The SMILES string of the molecule is C=CCn1c(SCC(=O)N(C)c2ccc([N+](=O)[O-])cc2)nnc1-c1ccccc1. The highest BCUT2D eigenvalue weighted by Crippen LogP contribution is 2.25. The predicted molar refractivity (Wildman–Crippen MR) is 113 cm³/mol. The van der Waals surface area contributed by atoms with E-state index < -0.39 is 4.92 Å². The number of nitro benzene ring substituents is 1. The Morgan fingerprint density at radius 1 is 1.21 bits per heavy atom. The van der Waals surface area contributed by atoms with Crippen molar-refractivity contribution in [2.45, 2.75) is 11.7 Å². The number of hydrogen-bond acceptors (Lipinski definition) is 6. The lowest BCUT2D eigenvalue weighted by Crippen LogP contribution is -2.28. The van der Waals surface area contributed by atoms with Crippen molar-refractivity contribution in [2.75, 3.05) is 17.7 Å². The van der Waals surface area contributed by atoms with E-state index in [1.165, 1.54) is 28.8 Å². The van der Waals surface area contributed by atoms with Gasteiger partial charge in [0.1, 0.15) is 0 Å². The second-order valence-corrected chi connectivity index (χ2v) is 7.03. The van der Waals surface area contributed by atoms with Crippen molar-refractivity contribution in [1.29, 1.82) is 0 Å². The Kier molecular flexibility index (Phi) is 6.40. The average Bonchev–Trinajstić information content (AvgIpc) is 3.15. The molecule has 0 spiro atoms. The Morgan fingerprint density at radius 3 is 2.52 bits per heavy atom. The fourth-order valence-corrected chi connectivity index (χ4v) is 3.52. The van der Waals surface area contributed by atoms with Crippen LogP contribution in [0.1, 0.15) is 0 Å². The molecule has 0 fully saturated rings. The van der Waals surface area contributed by atoms with Gasteiger partial charge < -0.3 is 4.90 Å². The van der Waals surface area contributed by atoms with Gasteiger partial charge in [0.2, 0.25) is 5.91 Å². The number of carbonyl (C=O) groups excluding carboxylic acids is 1. The molecule has 29 heavy (non-hydrogen) atoms. The van der Waals surface area contributed by atoms with Crippen LogP contribution in [0.5, 0.6) is 0 Å². The van der Waals surface area contributed by atoms with E-state index in [9.17, 15) is 14.9 Å². The van der Waals surface area contributed by atoms with Crippen LogP contribution in [0.25, 0.3) is 11.4 Å². The molecule has 2 aromatic carbocycles. The molecule has 0 saturated carbocycles. The van der Waals surface area contributed by atoms with Crippen molar-refractivity contribution in [2.24, 2.45) is 0 Å². The summed E-state index contributed by atoms with van der Waals surface area (Å²) >= 11 is 1.28. The van der Waals surface area contributed by atoms with E-state index in [0.29, 0.717) is 23.2 Å². The van der Waals surface area contributed by atoms with Crippen LogP contribution in [0, 0.1) is 10.1 Å². The number of benzene rings is 2. The molecule has 0 saturated heterocycles. The van der Waals surface area contributed by atoms with Crippen LogP contribution in [-0.4, -0.2) is 38.4 Å². The zero-order valence-corrected chi connectivity index (χ0v) is 16.6. The molecule has 1 heterocycles. The highest BCUT2D eigenvalue weighted by atomic mass is 32.2. The molecule has 1 amide bonds. The minimum atomic E-state index is -0.474. The van der Waals surface area contributed by atoms with Crippen LogP contribution in [0.15, 0.2) is 72.4 Å². The summed E-state index contributed by atoms with van der Waals surface area (Å²) in [4.78, 5) is 24.3. The molecule has 0 radical (unpaired) electrons. The zero-order valence-electron chi connectivity index (χ0n) is 15.8. The number of thioether (sulfide) groups is 1. The van der Waals surface area contributed by atoms with Crippen molar-refractivity contribution in [3.63, 3.8) is 0 Å². The molecule has 0 aliphatic carbocycles. The first-order chi connectivity index (χ1) is 14.0. The number of non-ortho nitro benzene ring substituents is 1. The number of nitrogens with zero attached hydrogens (tertiary/aromatic N) is 5. The van der Waals surface area contributed by atoms with Crippen LogP contribution in [0.2, 0.25) is 0 Å². The summed E-state index contributed by atoms with van der Waals surface area (Å²) in [6.07, 6.45) is 1.75. The fourth-order valence-electron chi connectivity index (χ4n) is 2.65. The highest BCUT2D eigenvalue weighted by Gasteiger charge is 2.17.